The quantitative estimate of drug-likeness (QED) is 0.806. The van der Waals surface area contributed by atoms with Crippen molar-refractivity contribution >= 4 is 22.5 Å². The van der Waals surface area contributed by atoms with Crippen LogP contribution in [0.15, 0.2) is 35.6 Å². The molecule has 0 saturated heterocycles. The molecule has 1 atom stereocenters. The molecule has 0 spiro atoms. The molecule has 1 saturated carbocycles. The Labute approximate surface area is 118 Å². The number of hydrogen-bond acceptors (Lipinski definition) is 2. The second-order valence-electron chi connectivity index (χ2n) is 5.44. The van der Waals surface area contributed by atoms with Crippen molar-refractivity contribution in [2.45, 2.75) is 32.6 Å². The Morgan fingerprint density at radius 2 is 2.20 bits per heavy atom. The Kier molecular flexibility index (Phi) is 3.54. The third-order valence-electron chi connectivity index (χ3n) is 4.02. The molecule has 0 aliphatic heterocycles. The molecule has 0 bridgehead atoms. The van der Waals surface area contributed by atoms with Crippen LogP contribution in [0.1, 0.15) is 43.0 Å². The van der Waals surface area contributed by atoms with Crippen LogP contribution in [-0.4, -0.2) is 16.6 Å². The number of fused-ring (bicyclic) bond motifs is 1. The maximum atomic E-state index is 12.2. The number of hydrogen-bond donors (Lipinski definition) is 2. The Bertz CT molecular complexity index is 657. The van der Waals surface area contributed by atoms with Gasteiger partial charge in [0.05, 0.1) is 5.56 Å². The SMILES string of the molecule is C[C@H]1CCCC/C1=N/NC(=O)c1c[nH]c2ccccc12. The topological polar surface area (TPSA) is 57.2 Å². The molecule has 4 nitrogen and oxygen atoms in total. The van der Waals surface area contributed by atoms with Gasteiger partial charge in [-0.25, -0.2) is 5.43 Å². The smallest absolute Gasteiger partial charge is 0.273 e. The van der Waals surface area contributed by atoms with Gasteiger partial charge in [0, 0.05) is 22.8 Å². The number of aromatic amines is 1. The highest BCUT2D eigenvalue weighted by Gasteiger charge is 2.17. The number of carbonyl (C=O) groups is 1. The number of benzene rings is 1. The van der Waals surface area contributed by atoms with E-state index in [2.05, 4.69) is 22.4 Å². The summed E-state index contributed by atoms with van der Waals surface area (Å²) in [6.45, 7) is 2.18. The fourth-order valence-electron chi connectivity index (χ4n) is 2.78. The van der Waals surface area contributed by atoms with Crippen LogP contribution in [0, 0.1) is 5.92 Å². The maximum absolute atomic E-state index is 12.2. The van der Waals surface area contributed by atoms with Crippen molar-refractivity contribution in [3.05, 3.63) is 36.0 Å². The van der Waals surface area contributed by atoms with Gasteiger partial charge >= 0.3 is 0 Å². The minimum atomic E-state index is -0.146. The minimum Gasteiger partial charge on any atom is -0.360 e. The number of hydrazone groups is 1. The highest BCUT2D eigenvalue weighted by Crippen LogP contribution is 2.21. The van der Waals surface area contributed by atoms with E-state index in [4.69, 9.17) is 0 Å². The zero-order valence-electron chi connectivity index (χ0n) is 11.6. The fraction of sp³-hybridized carbons (Fsp3) is 0.375. The lowest BCUT2D eigenvalue weighted by Gasteiger charge is -2.19. The van der Waals surface area contributed by atoms with Gasteiger partial charge in [0.15, 0.2) is 0 Å². The van der Waals surface area contributed by atoms with Gasteiger partial charge in [0.1, 0.15) is 0 Å². The van der Waals surface area contributed by atoms with E-state index in [0.29, 0.717) is 11.5 Å². The monoisotopic (exact) mass is 269 g/mol. The molecule has 0 unspecified atom stereocenters. The number of aromatic nitrogens is 1. The summed E-state index contributed by atoms with van der Waals surface area (Å²) < 4.78 is 0. The summed E-state index contributed by atoms with van der Waals surface area (Å²) in [5.74, 6) is 0.333. The molecular weight excluding hydrogens is 250 g/mol. The molecule has 2 aromatic rings. The molecule has 1 aromatic heterocycles. The van der Waals surface area contributed by atoms with Gasteiger partial charge in [-0.05, 0) is 31.2 Å². The lowest BCUT2D eigenvalue weighted by atomic mass is 9.89. The van der Waals surface area contributed by atoms with Crippen LogP contribution in [0.25, 0.3) is 10.9 Å². The van der Waals surface area contributed by atoms with Crippen LogP contribution in [-0.2, 0) is 0 Å². The van der Waals surface area contributed by atoms with Gasteiger partial charge in [0.2, 0.25) is 0 Å². The number of nitrogens with one attached hydrogen (secondary N) is 2. The molecular formula is C16H19N3O. The van der Waals surface area contributed by atoms with Crippen molar-refractivity contribution in [2.24, 2.45) is 11.0 Å². The van der Waals surface area contributed by atoms with E-state index < -0.39 is 0 Å². The molecule has 2 N–H and O–H groups in total. The first-order chi connectivity index (χ1) is 9.75. The van der Waals surface area contributed by atoms with Crippen molar-refractivity contribution in [1.82, 2.24) is 10.4 Å². The van der Waals surface area contributed by atoms with Gasteiger partial charge in [-0.3, -0.25) is 4.79 Å². The summed E-state index contributed by atoms with van der Waals surface area (Å²) in [5, 5.41) is 5.26. The van der Waals surface area contributed by atoms with Crippen LogP contribution in [0.3, 0.4) is 0 Å². The van der Waals surface area contributed by atoms with Crippen LogP contribution in [0.5, 0.6) is 0 Å². The van der Waals surface area contributed by atoms with Crippen molar-refractivity contribution in [3.8, 4) is 0 Å². The predicted octanol–water partition coefficient (Wildman–Crippen LogP) is 3.46. The average Bonchev–Trinajstić information content (AvgIpc) is 2.90. The van der Waals surface area contributed by atoms with Gasteiger partial charge in [-0.2, -0.15) is 5.10 Å². The third-order valence-corrected chi connectivity index (χ3v) is 4.02. The van der Waals surface area contributed by atoms with Crippen molar-refractivity contribution in [1.29, 1.82) is 0 Å². The first-order valence-electron chi connectivity index (χ1n) is 7.18. The zero-order valence-corrected chi connectivity index (χ0v) is 11.6. The number of H-pyrrole nitrogens is 1. The molecule has 1 aliphatic carbocycles. The summed E-state index contributed by atoms with van der Waals surface area (Å²) >= 11 is 0. The molecule has 1 aromatic carbocycles. The second-order valence-corrected chi connectivity index (χ2v) is 5.44. The highest BCUT2D eigenvalue weighted by molar-refractivity contribution is 6.07. The summed E-state index contributed by atoms with van der Waals surface area (Å²) in [5.41, 5.74) is 5.44. The number of para-hydroxylation sites is 1. The third kappa shape index (κ3) is 2.46. The number of rotatable bonds is 2. The number of nitrogens with zero attached hydrogens (tertiary/aromatic N) is 1. The average molecular weight is 269 g/mol. The molecule has 1 heterocycles. The molecule has 1 amide bonds. The Balaban J connectivity index is 1.78. The second kappa shape index (κ2) is 5.49. The first kappa shape index (κ1) is 12.9. The van der Waals surface area contributed by atoms with E-state index >= 15 is 0 Å². The summed E-state index contributed by atoms with van der Waals surface area (Å²) in [6, 6.07) is 7.78. The largest absolute Gasteiger partial charge is 0.360 e. The summed E-state index contributed by atoms with van der Waals surface area (Å²) in [4.78, 5) is 15.3. The van der Waals surface area contributed by atoms with E-state index in [-0.39, 0.29) is 5.91 Å². The van der Waals surface area contributed by atoms with Gasteiger partial charge in [-0.1, -0.05) is 31.5 Å². The van der Waals surface area contributed by atoms with Gasteiger partial charge < -0.3 is 4.98 Å². The van der Waals surface area contributed by atoms with Crippen LogP contribution < -0.4 is 5.43 Å². The maximum Gasteiger partial charge on any atom is 0.273 e. The highest BCUT2D eigenvalue weighted by atomic mass is 16.2. The Morgan fingerprint density at radius 3 is 3.05 bits per heavy atom. The normalized spacial score (nSPS) is 21.2. The molecule has 20 heavy (non-hydrogen) atoms. The molecule has 1 fully saturated rings. The zero-order chi connectivity index (χ0) is 13.9. The van der Waals surface area contributed by atoms with Crippen molar-refractivity contribution < 1.29 is 4.79 Å². The van der Waals surface area contributed by atoms with Gasteiger partial charge in [0.25, 0.3) is 5.91 Å². The van der Waals surface area contributed by atoms with E-state index in [1.54, 1.807) is 6.20 Å². The fourth-order valence-corrected chi connectivity index (χ4v) is 2.78. The van der Waals surface area contributed by atoms with Gasteiger partial charge in [-0.15, -0.1) is 0 Å². The minimum absolute atomic E-state index is 0.146. The lowest BCUT2D eigenvalue weighted by Crippen LogP contribution is -2.24. The summed E-state index contributed by atoms with van der Waals surface area (Å²) in [7, 11) is 0. The summed E-state index contributed by atoms with van der Waals surface area (Å²) in [6.07, 6.45) is 6.34. The van der Waals surface area contributed by atoms with Crippen LogP contribution >= 0.6 is 0 Å². The van der Waals surface area contributed by atoms with E-state index in [9.17, 15) is 4.79 Å². The Hall–Kier alpha value is -2.10. The Morgan fingerprint density at radius 1 is 1.35 bits per heavy atom. The lowest BCUT2D eigenvalue weighted by molar-refractivity contribution is 0.0956. The molecule has 0 radical (unpaired) electrons. The first-order valence-corrected chi connectivity index (χ1v) is 7.18. The van der Waals surface area contributed by atoms with E-state index in [1.807, 2.05) is 24.3 Å². The predicted molar refractivity (Wildman–Crippen MR) is 80.8 cm³/mol. The molecule has 104 valence electrons. The van der Waals surface area contributed by atoms with Crippen molar-refractivity contribution in [2.75, 3.05) is 0 Å². The van der Waals surface area contributed by atoms with Crippen LogP contribution in [0.2, 0.25) is 0 Å². The van der Waals surface area contributed by atoms with E-state index in [1.165, 1.54) is 19.3 Å². The number of carbonyl (C=O) groups excluding carboxylic acids is 1. The molecule has 3 rings (SSSR count). The van der Waals surface area contributed by atoms with Crippen LogP contribution in [0.4, 0.5) is 0 Å². The standard InChI is InChI=1S/C16H19N3O/c1-11-6-2-4-8-14(11)18-19-16(20)13-10-17-15-9-5-3-7-12(13)15/h3,5,7,9-11,17H,2,4,6,8H2,1H3,(H,19,20)/b18-14-/t11-/m0/s1. The van der Waals surface area contributed by atoms with Crippen molar-refractivity contribution in [3.63, 3.8) is 0 Å². The van der Waals surface area contributed by atoms with E-state index in [0.717, 1.165) is 23.0 Å². The molecule has 1 aliphatic rings. The number of amides is 1. The molecule has 4 heteroatoms.